The quantitative estimate of drug-likeness (QED) is 0.364. The van der Waals surface area contributed by atoms with Crippen molar-refractivity contribution < 1.29 is 0 Å². The number of aromatic nitrogens is 4. The fourth-order valence-corrected chi connectivity index (χ4v) is 4.70. The Hall–Kier alpha value is -4.55. The first kappa shape index (κ1) is 24.2. The third kappa shape index (κ3) is 5.20. The van der Waals surface area contributed by atoms with Gasteiger partial charge in [0.25, 0.3) is 0 Å². The van der Waals surface area contributed by atoms with Crippen LogP contribution in [0, 0.1) is 16.7 Å². The van der Waals surface area contributed by atoms with E-state index in [1.54, 1.807) is 24.0 Å². The lowest BCUT2D eigenvalue weighted by Gasteiger charge is -2.35. The van der Waals surface area contributed by atoms with Gasteiger partial charge < -0.3 is 15.6 Å². The van der Waals surface area contributed by atoms with Gasteiger partial charge >= 0.3 is 0 Å². The number of hydrogen-bond donors (Lipinski definition) is 2. The summed E-state index contributed by atoms with van der Waals surface area (Å²) >= 11 is 0. The first-order valence-electron chi connectivity index (χ1n) is 12.3. The summed E-state index contributed by atoms with van der Waals surface area (Å²) in [5.41, 5.74) is 5.66. The van der Waals surface area contributed by atoms with Crippen LogP contribution in [-0.4, -0.2) is 70.5 Å². The third-order valence-electron chi connectivity index (χ3n) is 6.69. The zero-order chi connectivity index (χ0) is 25.6. The number of nitrogens with zero attached hydrogens (tertiary/aromatic N) is 7. The lowest BCUT2D eigenvalue weighted by Crippen LogP contribution is -2.47. The summed E-state index contributed by atoms with van der Waals surface area (Å²) < 4.78 is 1.70. The average molecular weight is 492 g/mol. The van der Waals surface area contributed by atoms with Gasteiger partial charge in [0, 0.05) is 105 Å². The molecule has 0 amide bonds. The molecule has 0 atom stereocenters. The summed E-state index contributed by atoms with van der Waals surface area (Å²) in [6.45, 7) is 4.84. The van der Waals surface area contributed by atoms with E-state index >= 15 is 0 Å². The summed E-state index contributed by atoms with van der Waals surface area (Å²) in [4.78, 5) is 14.0. The van der Waals surface area contributed by atoms with Gasteiger partial charge in [0.2, 0.25) is 0 Å². The largest absolute Gasteiger partial charge is 0.393 e. The van der Waals surface area contributed by atoms with E-state index in [1.165, 1.54) is 6.21 Å². The van der Waals surface area contributed by atoms with Crippen LogP contribution in [0.1, 0.15) is 16.8 Å². The van der Waals surface area contributed by atoms with E-state index in [0.717, 1.165) is 72.9 Å². The average Bonchev–Trinajstić information content (AvgIpc) is 3.38. The molecule has 0 unspecified atom stereocenters. The van der Waals surface area contributed by atoms with Crippen molar-refractivity contribution in [3.05, 3.63) is 84.2 Å². The predicted molar refractivity (Wildman–Crippen MR) is 146 cm³/mol. The number of anilines is 1. The minimum absolute atomic E-state index is 0.501. The fourth-order valence-electron chi connectivity index (χ4n) is 4.70. The monoisotopic (exact) mass is 491 g/mol. The van der Waals surface area contributed by atoms with Crippen molar-refractivity contribution in [1.29, 1.82) is 10.7 Å². The highest BCUT2D eigenvalue weighted by Crippen LogP contribution is 2.30. The molecule has 1 aliphatic rings. The molecule has 1 fully saturated rings. The molecule has 1 saturated heterocycles. The molecule has 0 saturated carbocycles. The number of pyridine rings is 3. The first-order chi connectivity index (χ1) is 18.2. The molecule has 0 bridgehead atoms. The molecule has 4 aromatic heterocycles. The second kappa shape index (κ2) is 11.0. The molecule has 2 N–H and O–H groups in total. The Morgan fingerprint density at radius 2 is 2.00 bits per heavy atom. The molecule has 5 heterocycles. The maximum atomic E-state index is 9.65. The van der Waals surface area contributed by atoms with Crippen LogP contribution in [0.15, 0.2) is 67.4 Å². The van der Waals surface area contributed by atoms with Gasteiger partial charge in [-0.15, -0.1) is 0 Å². The summed E-state index contributed by atoms with van der Waals surface area (Å²) in [5, 5.41) is 24.8. The molecule has 37 heavy (non-hydrogen) atoms. The van der Waals surface area contributed by atoms with Crippen LogP contribution in [0.25, 0.3) is 22.2 Å². The smallest absolute Gasteiger partial charge is 0.128 e. The molecule has 1 aliphatic heterocycles. The van der Waals surface area contributed by atoms with Crippen LogP contribution in [0.4, 0.5) is 5.82 Å². The standard InChI is InChI=1S/C28H29N9/c1-31-17-23(15-29)22-14-26(28-24(16-30)19-34-37(28)20-22)21-5-6-27(33-18-21)36-12-10-35(11-13-36)9-7-25-4-2-3-8-32-25/h2-6,8,14-15,17-20,29,31H,7,9-13H2,1H3/b23-17+,29-15?. The number of nitrogens with one attached hydrogen (secondary N) is 2. The van der Waals surface area contributed by atoms with Gasteiger partial charge in [-0.1, -0.05) is 6.07 Å². The van der Waals surface area contributed by atoms with Crippen LogP contribution >= 0.6 is 0 Å². The highest BCUT2D eigenvalue weighted by Gasteiger charge is 2.19. The number of piperazine rings is 1. The Bertz CT molecular complexity index is 1440. The first-order valence-corrected chi connectivity index (χ1v) is 12.3. The third-order valence-corrected chi connectivity index (χ3v) is 6.69. The molecule has 186 valence electrons. The SMILES string of the molecule is CN/C=C(\C=N)c1cc(-c2ccc(N3CCN(CCc4ccccn4)CC3)nc2)c2c(C#N)cnn2c1. The van der Waals surface area contributed by atoms with Gasteiger partial charge in [-0.2, -0.15) is 10.4 Å². The lowest BCUT2D eigenvalue weighted by atomic mass is 10.0. The second-order valence-electron chi connectivity index (χ2n) is 8.94. The maximum Gasteiger partial charge on any atom is 0.128 e. The lowest BCUT2D eigenvalue weighted by molar-refractivity contribution is 0.259. The van der Waals surface area contributed by atoms with Gasteiger partial charge in [0.05, 0.1) is 17.3 Å². The van der Waals surface area contributed by atoms with Gasteiger partial charge in [-0.05, 0) is 30.3 Å². The van der Waals surface area contributed by atoms with Crippen molar-refractivity contribution in [2.45, 2.75) is 6.42 Å². The van der Waals surface area contributed by atoms with E-state index in [4.69, 9.17) is 10.4 Å². The Morgan fingerprint density at radius 1 is 1.14 bits per heavy atom. The number of rotatable bonds is 8. The highest BCUT2D eigenvalue weighted by atomic mass is 15.3. The summed E-state index contributed by atoms with van der Waals surface area (Å²) in [6, 6.07) is 14.4. The van der Waals surface area contributed by atoms with E-state index in [2.05, 4.69) is 43.4 Å². The topological polar surface area (TPSA) is 109 Å². The Labute approximate surface area is 216 Å². The zero-order valence-corrected chi connectivity index (χ0v) is 20.8. The molecule has 4 aromatic rings. The van der Waals surface area contributed by atoms with E-state index in [-0.39, 0.29) is 0 Å². The minimum atomic E-state index is 0.501. The molecular formula is C28H29N9. The van der Waals surface area contributed by atoms with Crippen LogP contribution < -0.4 is 10.2 Å². The summed E-state index contributed by atoms with van der Waals surface area (Å²) in [5.74, 6) is 0.949. The molecule has 0 aromatic carbocycles. The van der Waals surface area contributed by atoms with E-state index in [9.17, 15) is 5.26 Å². The second-order valence-corrected chi connectivity index (χ2v) is 8.94. The van der Waals surface area contributed by atoms with Crippen LogP contribution in [0.2, 0.25) is 0 Å². The van der Waals surface area contributed by atoms with Crippen molar-refractivity contribution in [2.24, 2.45) is 0 Å². The molecule has 9 nitrogen and oxygen atoms in total. The molecule has 9 heteroatoms. The fraction of sp³-hybridized carbons (Fsp3) is 0.250. The van der Waals surface area contributed by atoms with Gasteiger partial charge in [0.15, 0.2) is 0 Å². The van der Waals surface area contributed by atoms with Crippen LogP contribution in [-0.2, 0) is 6.42 Å². The van der Waals surface area contributed by atoms with Gasteiger partial charge in [0.1, 0.15) is 11.9 Å². The normalized spacial score (nSPS) is 14.5. The summed E-state index contributed by atoms with van der Waals surface area (Å²) in [6.07, 6.45) is 11.2. The Balaban J connectivity index is 1.34. The van der Waals surface area contributed by atoms with Gasteiger partial charge in [-0.25, -0.2) is 9.50 Å². The van der Waals surface area contributed by atoms with Gasteiger partial charge in [-0.3, -0.25) is 9.88 Å². The maximum absolute atomic E-state index is 9.65. The zero-order valence-electron chi connectivity index (χ0n) is 20.8. The van der Waals surface area contributed by atoms with Crippen molar-refractivity contribution >= 4 is 23.1 Å². The molecule has 0 spiro atoms. The number of fused-ring (bicyclic) bond motifs is 1. The van der Waals surface area contributed by atoms with Crippen LogP contribution in [0.3, 0.4) is 0 Å². The van der Waals surface area contributed by atoms with E-state index < -0.39 is 0 Å². The Morgan fingerprint density at radius 3 is 2.68 bits per heavy atom. The molecular weight excluding hydrogens is 462 g/mol. The van der Waals surface area contributed by atoms with Crippen molar-refractivity contribution in [2.75, 3.05) is 44.7 Å². The van der Waals surface area contributed by atoms with Crippen molar-refractivity contribution in [1.82, 2.24) is 29.8 Å². The van der Waals surface area contributed by atoms with E-state index in [0.29, 0.717) is 11.1 Å². The van der Waals surface area contributed by atoms with Crippen molar-refractivity contribution in [3.8, 4) is 17.2 Å². The van der Waals surface area contributed by atoms with E-state index in [1.807, 2.05) is 42.9 Å². The molecule has 0 aliphatic carbocycles. The van der Waals surface area contributed by atoms with Crippen LogP contribution in [0.5, 0.6) is 0 Å². The highest BCUT2D eigenvalue weighted by molar-refractivity contribution is 6.08. The summed E-state index contributed by atoms with van der Waals surface area (Å²) in [7, 11) is 1.80. The number of hydrogen-bond acceptors (Lipinski definition) is 8. The molecule has 5 rings (SSSR count). The molecule has 0 radical (unpaired) electrons. The minimum Gasteiger partial charge on any atom is -0.393 e. The Kier molecular flexibility index (Phi) is 7.19. The number of allylic oxidation sites excluding steroid dienone is 1. The predicted octanol–water partition coefficient (Wildman–Crippen LogP) is 3.24. The van der Waals surface area contributed by atoms with Crippen molar-refractivity contribution in [3.63, 3.8) is 0 Å². The number of nitriles is 1.